The van der Waals surface area contributed by atoms with Crippen LogP contribution in [0.2, 0.25) is 0 Å². The first-order valence-electron chi connectivity index (χ1n) is 5.58. The van der Waals surface area contributed by atoms with Gasteiger partial charge in [0.05, 0.1) is 6.07 Å². The fraction of sp³-hybridized carbons (Fsp3) is 0.429. The number of carbonyl (C=O) groups excluding carboxylic acids is 1. The van der Waals surface area contributed by atoms with Gasteiger partial charge in [-0.25, -0.2) is 0 Å². The van der Waals surface area contributed by atoms with Crippen molar-refractivity contribution in [2.45, 2.75) is 40.2 Å². The monoisotopic (exact) mass is 230 g/mol. The van der Waals surface area contributed by atoms with Gasteiger partial charge in [0, 0.05) is 5.56 Å². The first-order chi connectivity index (χ1) is 7.76. The van der Waals surface area contributed by atoms with Crippen molar-refractivity contribution in [3.05, 3.63) is 34.4 Å². The lowest BCUT2D eigenvalue weighted by molar-refractivity contribution is 0.0928. The van der Waals surface area contributed by atoms with Gasteiger partial charge in [0.2, 0.25) is 0 Å². The van der Waals surface area contributed by atoms with Gasteiger partial charge in [-0.15, -0.1) is 0 Å². The van der Waals surface area contributed by atoms with Gasteiger partial charge in [-0.05, 0) is 45.7 Å². The second-order valence-electron chi connectivity index (χ2n) is 4.96. The summed E-state index contributed by atoms with van der Waals surface area (Å²) >= 11 is 0. The van der Waals surface area contributed by atoms with Crippen molar-refractivity contribution in [2.75, 3.05) is 0 Å². The highest BCUT2D eigenvalue weighted by Crippen LogP contribution is 2.17. The van der Waals surface area contributed by atoms with Crippen molar-refractivity contribution in [3.8, 4) is 6.07 Å². The van der Waals surface area contributed by atoms with Crippen LogP contribution in [0.25, 0.3) is 0 Å². The van der Waals surface area contributed by atoms with Gasteiger partial charge in [0.15, 0.2) is 0 Å². The zero-order valence-corrected chi connectivity index (χ0v) is 11.0. The lowest BCUT2D eigenvalue weighted by Gasteiger charge is -2.19. The van der Waals surface area contributed by atoms with E-state index in [0.717, 1.165) is 16.7 Å². The molecule has 1 rings (SSSR count). The molecule has 0 atom stereocenters. The molecule has 0 saturated carbocycles. The van der Waals surface area contributed by atoms with E-state index >= 15 is 0 Å². The van der Waals surface area contributed by atoms with Crippen LogP contribution in [0.1, 0.15) is 40.9 Å². The van der Waals surface area contributed by atoms with Crippen LogP contribution in [0.5, 0.6) is 0 Å². The number of nitrogens with zero attached hydrogens (tertiary/aromatic N) is 1. The average molecular weight is 230 g/mol. The Bertz CT molecular complexity index is 472. The summed E-state index contributed by atoms with van der Waals surface area (Å²) in [7, 11) is 0. The normalized spacial score (nSPS) is 10.8. The standard InChI is InChI=1S/C14H18N2O/c1-9-6-10(2)12(11(3)7-9)13(17)16-14(4,5)8-15/h6-7H,1-5H3,(H,16,17). The number of nitrogens with one attached hydrogen (secondary N) is 1. The SMILES string of the molecule is Cc1cc(C)c(C(=O)NC(C)(C)C#N)c(C)c1. The zero-order valence-electron chi connectivity index (χ0n) is 11.0. The van der Waals surface area contributed by atoms with Crippen LogP contribution in [-0.4, -0.2) is 11.4 Å². The minimum absolute atomic E-state index is 0.188. The number of hydrogen-bond acceptors (Lipinski definition) is 2. The minimum Gasteiger partial charge on any atom is -0.334 e. The Morgan fingerprint density at radius 2 is 1.71 bits per heavy atom. The molecule has 0 aliphatic carbocycles. The highest BCUT2D eigenvalue weighted by molar-refractivity contribution is 5.97. The molecule has 0 saturated heterocycles. The summed E-state index contributed by atoms with van der Waals surface area (Å²) in [5.41, 5.74) is 2.83. The summed E-state index contributed by atoms with van der Waals surface area (Å²) in [6.07, 6.45) is 0. The predicted molar refractivity (Wildman–Crippen MR) is 67.8 cm³/mol. The molecule has 1 aromatic rings. The van der Waals surface area contributed by atoms with Crippen molar-refractivity contribution in [1.29, 1.82) is 5.26 Å². The maximum Gasteiger partial charge on any atom is 0.253 e. The molecule has 3 nitrogen and oxygen atoms in total. The molecule has 90 valence electrons. The molecule has 0 heterocycles. The summed E-state index contributed by atoms with van der Waals surface area (Å²) in [5, 5.41) is 11.6. The van der Waals surface area contributed by atoms with Gasteiger partial charge in [0.25, 0.3) is 5.91 Å². The van der Waals surface area contributed by atoms with Gasteiger partial charge in [-0.3, -0.25) is 4.79 Å². The van der Waals surface area contributed by atoms with Gasteiger partial charge < -0.3 is 5.32 Å². The lowest BCUT2D eigenvalue weighted by Crippen LogP contribution is -2.42. The molecule has 0 radical (unpaired) electrons. The van der Waals surface area contributed by atoms with E-state index in [-0.39, 0.29) is 5.91 Å². The van der Waals surface area contributed by atoms with Crippen LogP contribution >= 0.6 is 0 Å². The molecule has 0 aliphatic rings. The quantitative estimate of drug-likeness (QED) is 0.849. The third-order valence-electron chi connectivity index (χ3n) is 2.61. The Labute approximate surface area is 102 Å². The van der Waals surface area contributed by atoms with Gasteiger partial charge in [-0.1, -0.05) is 17.7 Å². The first-order valence-corrected chi connectivity index (χ1v) is 5.58. The maximum atomic E-state index is 12.1. The van der Waals surface area contributed by atoms with Crippen LogP contribution in [0.4, 0.5) is 0 Å². The summed E-state index contributed by atoms with van der Waals surface area (Å²) in [6, 6.07) is 6.01. The van der Waals surface area contributed by atoms with Crippen LogP contribution in [0.3, 0.4) is 0 Å². The highest BCUT2D eigenvalue weighted by Gasteiger charge is 2.22. The second-order valence-corrected chi connectivity index (χ2v) is 4.96. The average Bonchev–Trinajstić information content (AvgIpc) is 2.14. The summed E-state index contributed by atoms with van der Waals surface area (Å²) in [5.74, 6) is -0.188. The van der Waals surface area contributed by atoms with E-state index in [4.69, 9.17) is 5.26 Å². The Kier molecular flexibility index (Phi) is 3.57. The molecule has 0 fully saturated rings. The predicted octanol–water partition coefficient (Wildman–Crippen LogP) is 2.64. The van der Waals surface area contributed by atoms with Crippen molar-refractivity contribution >= 4 is 5.91 Å². The third-order valence-corrected chi connectivity index (χ3v) is 2.61. The summed E-state index contributed by atoms with van der Waals surface area (Å²) in [6.45, 7) is 9.19. The first kappa shape index (κ1) is 13.2. The smallest absolute Gasteiger partial charge is 0.253 e. The van der Waals surface area contributed by atoms with Crippen molar-refractivity contribution in [3.63, 3.8) is 0 Å². The van der Waals surface area contributed by atoms with Crippen LogP contribution in [0.15, 0.2) is 12.1 Å². The second kappa shape index (κ2) is 4.58. The molecule has 0 aliphatic heterocycles. The molecule has 1 aromatic carbocycles. The van der Waals surface area contributed by atoms with Crippen LogP contribution in [0, 0.1) is 32.1 Å². The van der Waals surface area contributed by atoms with Crippen LogP contribution in [-0.2, 0) is 0 Å². The number of aryl methyl sites for hydroxylation is 3. The maximum absolute atomic E-state index is 12.1. The number of rotatable bonds is 2. The van der Waals surface area contributed by atoms with Crippen LogP contribution < -0.4 is 5.32 Å². The third kappa shape index (κ3) is 3.07. The number of hydrogen-bond donors (Lipinski definition) is 1. The molecular weight excluding hydrogens is 212 g/mol. The Hall–Kier alpha value is -1.82. The number of benzene rings is 1. The van der Waals surface area contributed by atoms with Gasteiger partial charge in [0.1, 0.15) is 5.54 Å². The van der Waals surface area contributed by atoms with E-state index in [9.17, 15) is 4.79 Å². The topological polar surface area (TPSA) is 52.9 Å². The molecule has 1 N–H and O–H groups in total. The minimum atomic E-state index is -0.846. The van der Waals surface area contributed by atoms with E-state index in [2.05, 4.69) is 11.4 Å². The van der Waals surface area contributed by atoms with Gasteiger partial charge >= 0.3 is 0 Å². The van der Waals surface area contributed by atoms with Crippen molar-refractivity contribution in [1.82, 2.24) is 5.32 Å². The number of nitriles is 1. The van der Waals surface area contributed by atoms with E-state index in [0.29, 0.717) is 5.56 Å². The number of carbonyl (C=O) groups is 1. The summed E-state index contributed by atoms with van der Waals surface area (Å²) in [4.78, 5) is 12.1. The molecule has 0 unspecified atom stereocenters. The molecule has 0 spiro atoms. The molecule has 1 amide bonds. The van der Waals surface area contributed by atoms with Crippen molar-refractivity contribution in [2.24, 2.45) is 0 Å². The molecule has 0 bridgehead atoms. The molecule has 0 aromatic heterocycles. The highest BCUT2D eigenvalue weighted by atomic mass is 16.1. The molecular formula is C14H18N2O. The Morgan fingerprint density at radius 3 is 2.12 bits per heavy atom. The van der Waals surface area contributed by atoms with E-state index in [1.165, 1.54) is 0 Å². The van der Waals surface area contributed by atoms with E-state index < -0.39 is 5.54 Å². The van der Waals surface area contributed by atoms with Gasteiger partial charge in [-0.2, -0.15) is 5.26 Å². The zero-order chi connectivity index (χ0) is 13.2. The van der Waals surface area contributed by atoms with Crippen molar-refractivity contribution < 1.29 is 4.79 Å². The lowest BCUT2D eigenvalue weighted by atomic mass is 9.98. The Morgan fingerprint density at radius 1 is 1.24 bits per heavy atom. The fourth-order valence-electron chi connectivity index (χ4n) is 1.91. The Balaban J connectivity index is 3.11. The number of amides is 1. The fourth-order valence-corrected chi connectivity index (χ4v) is 1.91. The summed E-state index contributed by atoms with van der Waals surface area (Å²) < 4.78 is 0. The largest absolute Gasteiger partial charge is 0.334 e. The van der Waals surface area contributed by atoms with E-state index in [1.54, 1.807) is 13.8 Å². The molecule has 17 heavy (non-hydrogen) atoms. The van der Waals surface area contributed by atoms with E-state index in [1.807, 2.05) is 32.9 Å². The molecule has 3 heteroatoms.